The highest BCUT2D eigenvalue weighted by molar-refractivity contribution is 4.90. The summed E-state index contributed by atoms with van der Waals surface area (Å²) in [5, 5.41) is 35.1. The van der Waals surface area contributed by atoms with Crippen molar-refractivity contribution < 1.29 is 20.4 Å². The molecular weight excluding hydrogens is 124 g/mol. The van der Waals surface area contributed by atoms with E-state index in [1.54, 1.807) is 0 Å². The molecule has 4 atom stereocenters. The Bertz CT molecular complexity index is 93.1. The molecule has 0 aromatic rings. The van der Waals surface area contributed by atoms with E-state index in [0.717, 1.165) is 0 Å². The second-order valence-electron chi connectivity index (χ2n) is 2.35. The van der Waals surface area contributed by atoms with Crippen molar-refractivity contribution in [1.29, 1.82) is 0 Å². The lowest BCUT2D eigenvalue weighted by Crippen LogP contribution is -2.32. The van der Waals surface area contributed by atoms with Gasteiger partial charge in [-0.15, -0.1) is 0 Å². The van der Waals surface area contributed by atoms with Gasteiger partial charge in [0.1, 0.15) is 12.2 Å². The van der Waals surface area contributed by atoms with Gasteiger partial charge in [0.25, 0.3) is 0 Å². The first-order chi connectivity index (χ1) is 4.13. The van der Waals surface area contributed by atoms with Crippen LogP contribution in [-0.2, 0) is 0 Å². The van der Waals surface area contributed by atoms with E-state index in [4.69, 9.17) is 20.4 Å². The molecule has 0 aliphatic heterocycles. The Labute approximate surface area is 52.4 Å². The van der Waals surface area contributed by atoms with Crippen LogP contribution in [0.5, 0.6) is 0 Å². The Morgan fingerprint density at radius 1 is 0.778 bits per heavy atom. The maximum absolute atomic E-state index is 8.78. The highest BCUT2D eigenvalue weighted by Gasteiger charge is 2.39. The summed E-state index contributed by atoms with van der Waals surface area (Å²) in [5.74, 6) is 0. The Morgan fingerprint density at radius 3 is 1.22 bits per heavy atom. The van der Waals surface area contributed by atoms with Crippen LogP contribution < -0.4 is 0 Å². The quantitative estimate of drug-likeness (QED) is 0.304. The van der Waals surface area contributed by atoms with Crippen molar-refractivity contribution in [3.8, 4) is 0 Å². The smallest absolute Gasteiger partial charge is 0.108 e. The van der Waals surface area contributed by atoms with Gasteiger partial charge >= 0.3 is 0 Å². The minimum Gasteiger partial charge on any atom is -0.390 e. The van der Waals surface area contributed by atoms with Crippen LogP contribution in [0.25, 0.3) is 0 Å². The summed E-state index contributed by atoms with van der Waals surface area (Å²) in [6.45, 7) is 0. The third-order valence-corrected chi connectivity index (χ3v) is 1.62. The molecule has 0 unspecified atom stereocenters. The second-order valence-corrected chi connectivity index (χ2v) is 2.35. The Balaban J connectivity index is 2.54. The maximum Gasteiger partial charge on any atom is 0.108 e. The van der Waals surface area contributed by atoms with E-state index in [-0.39, 0.29) is 6.42 Å². The molecule has 1 fully saturated rings. The predicted octanol–water partition coefficient (Wildman–Crippen LogP) is -2.17. The fourth-order valence-corrected chi connectivity index (χ4v) is 0.981. The molecule has 1 aliphatic carbocycles. The van der Waals surface area contributed by atoms with Gasteiger partial charge in [-0.1, -0.05) is 0 Å². The molecule has 0 aromatic heterocycles. The summed E-state index contributed by atoms with van der Waals surface area (Å²) in [6.07, 6.45) is -4.26. The standard InChI is InChI=1S/C5H10O4/c6-2-1-3(7)5(9)4(2)8/h2-9H,1H2/t2-,3-,4-,5-/m0/s1. The molecule has 0 heterocycles. The molecule has 0 saturated heterocycles. The average Bonchev–Trinajstić information content (AvgIpc) is 1.98. The van der Waals surface area contributed by atoms with Crippen molar-refractivity contribution >= 4 is 0 Å². The van der Waals surface area contributed by atoms with Gasteiger partial charge < -0.3 is 20.4 Å². The normalized spacial score (nSPS) is 52.0. The number of aliphatic hydroxyl groups excluding tert-OH is 4. The fourth-order valence-electron chi connectivity index (χ4n) is 0.981. The van der Waals surface area contributed by atoms with Crippen molar-refractivity contribution in [2.75, 3.05) is 0 Å². The van der Waals surface area contributed by atoms with Crippen LogP contribution in [0.3, 0.4) is 0 Å². The molecule has 0 amide bonds. The summed E-state index contributed by atoms with van der Waals surface area (Å²) >= 11 is 0. The minimum absolute atomic E-state index is 0.0579. The van der Waals surface area contributed by atoms with E-state index in [9.17, 15) is 0 Å². The predicted molar refractivity (Wildman–Crippen MR) is 28.6 cm³/mol. The zero-order valence-corrected chi connectivity index (χ0v) is 4.81. The van der Waals surface area contributed by atoms with Gasteiger partial charge in [-0.25, -0.2) is 0 Å². The summed E-state index contributed by atoms with van der Waals surface area (Å²) in [6, 6.07) is 0. The first-order valence-electron chi connectivity index (χ1n) is 2.85. The van der Waals surface area contributed by atoms with Crippen LogP contribution >= 0.6 is 0 Å². The largest absolute Gasteiger partial charge is 0.390 e. The topological polar surface area (TPSA) is 80.9 Å². The second kappa shape index (κ2) is 2.22. The van der Waals surface area contributed by atoms with Crippen molar-refractivity contribution in [3.05, 3.63) is 0 Å². The van der Waals surface area contributed by atoms with E-state index in [1.165, 1.54) is 0 Å². The van der Waals surface area contributed by atoms with Crippen molar-refractivity contribution in [2.45, 2.75) is 30.8 Å². The molecule has 4 heteroatoms. The summed E-state index contributed by atoms with van der Waals surface area (Å²) in [7, 11) is 0. The lowest BCUT2D eigenvalue weighted by atomic mass is 10.2. The number of aliphatic hydroxyl groups is 4. The van der Waals surface area contributed by atoms with E-state index in [2.05, 4.69) is 0 Å². The third kappa shape index (κ3) is 1.07. The third-order valence-electron chi connectivity index (χ3n) is 1.62. The van der Waals surface area contributed by atoms with Crippen LogP contribution in [0.1, 0.15) is 6.42 Å². The fraction of sp³-hybridized carbons (Fsp3) is 1.00. The van der Waals surface area contributed by atoms with Gasteiger partial charge in [0.05, 0.1) is 12.2 Å². The van der Waals surface area contributed by atoms with Crippen molar-refractivity contribution in [1.82, 2.24) is 0 Å². The van der Waals surface area contributed by atoms with Crippen LogP contribution in [-0.4, -0.2) is 44.8 Å². The minimum atomic E-state index is -1.18. The molecule has 1 saturated carbocycles. The zero-order valence-electron chi connectivity index (χ0n) is 4.81. The lowest BCUT2D eigenvalue weighted by Gasteiger charge is -2.10. The number of hydrogen-bond acceptors (Lipinski definition) is 4. The average molecular weight is 134 g/mol. The highest BCUT2D eigenvalue weighted by Crippen LogP contribution is 2.19. The molecule has 0 bridgehead atoms. The molecule has 9 heavy (non-hydrogen) atoms. The lowest BCUT2D eigenvalue weighted by molar-refractivity contribution is -0.0413. The van der Waals surface area contributed by atoms with Gasteiger partial charge in [0.2, 0.25) is 0 Å². The molecule has 0 aromatic carbocycles. The highest BCUT2D eigenvalue weighted by atomic mass is 16.4. The monoisotopic (exact) mass is 134 g/mol. The molecule has 1 aliphatic rings. The van der Waals surface area contributed by atoms with Crippen LogP contribution in [0.4, 0.5) is 0 Å². The van der Waals surface area contributed by atoms with Crippen LogP contribution in [0.2, 0.25) is 0 Å². The van der Waals surface area contributed by atoms with E-state index < -0.39 is 24.4 Å². The van der Waals surface area contributed by atoms with E-state index in [0.29, 0.717) is 0 Å². The SMILES string of the molecule is O[C@@H]1[C@@H](O)[C@@H](O)C[C@@H]1O. The molecule has 4 N–H and O–H groups in total. The van der Waals surface area contributed by atoms with Crippen molar-refractivity contribution in [2.24, 2.45) is 0 Å². The van der Waals surface area contributed by atoms with E-state index in [1.807, 2.05) is 0 Å². The molecule has 0 spiro atoms. The summed E-state index contributed by atoms with van der Waals surface area (Å²) < 4.78 is 0. The molecular formula is C5H10O4. The Kier molecular flexibility index (Phi) is 1.72. The maximum atomic E-state index is 8.78. The van der Waals surface area contributed by atoms with Crippen LogP contribution in [0, 0.1) is 0 Å². The first kappa shape index (κ1) is 6.95. The van der Waals surface area contributed by atoms with E-state index >= 15 is 0 Å². The molecule has 0 radical (unpaired) electrons. The molecule has 4 nitrogen and oxygen atoms in total. The molecule has 1 rings (SSSR count). The van der Waals surface area contributed by atoms with Gasteiger partial charge in [-0.05, 0) is 0 Å². The van der Waals surface area contributed by atoms with Crippen LogP contribution in [0.15, 0.2) is 0 Å². The molecule has 54 valence electrons. The first-order valence-corrected chi connectivity index (χ1v) is 2.85. The van der Waals surface area contributed by atoms with Gasteiger partial charge in [-0.3, -0.25) is 0 Å². The number of rotatable bonds is 0. The van der Waals surface area contributed by atoms with Crippen molar-refractivity contribution in [3.63, 3.8) is 0 Å². The van der Waals surface area contributed by atoms with Gasteiger partial charge in [-0.2, -0.15) is 0 Å². The van der Waals surface area contributed by atoms with Gasteiger partial charge in [0.15, 0.2) is 0 Å². The Morgan fingerprint density at radius 2 is 1.11 bits per heavy atom. The van der Waals surface area contributed by atoms with Gasteiger partial charge in [0, 0.05) is 6.42 Å². The number of hydrogen-bond donors (Lipinski definition) is 4. The summed E-state index contributed by atoms with van der Waals surface area (Å²) in [5.41, 5.74) is 0. The zero-order chi connectivity index (χ0) is 7.02. The summed E-state index contributed by atoms with van der Waals surface area (Å²) in [4.78, 5) is 0. The Hall–Kier alpha value is -0.160.